The summed E-state index contributed by atoms with van der Waals surface area (Å²) in [6.45, 7) is 13.8. The number of allylic oxidation sites excluding steroid dienone is 4. The monoisotopic (exact) mass is 392 g/mol. The molecule has 1 unspecified atom stereocenters. The fourth-order valence-electron chi connectivity index (χ4n) is 4.57. The average molecular weight is 393 g/mol. The van der Waals surface area contributed by atoms with Crippen LogP contribution in [0.25, 0.3) is 0 Å². The van der Waals surface area contributed by atoms with E-state index in [1.54, 1.807) is 0 Å². The van der Waals surface area contributed by atoms with E-state index in [0.29, 0.717) is 25.6 Å². The minimum Gasteiger partial charge on any atom is -0.392 e. The molecule has 1 N–H and O–H groups in total. The van der Waals surface area contributed by atoms with Crippen molar-refractivity contribution in [3.05, 3.63) is 34.9 Å². The van der Waals surface area contributed by atoms with E-state index in [1.807, 2.05) is 13.8 Å². The van der Waals surface area contributed by atoms with E-state index >= 15 is 0 Å². The molecule has 28 heavy (non-hydrogen) atoms. The molecule has 2 aliphatic rings. The molecule has 1 fully saturated rings. The third-order valence-electron chi connectivity index (χ3n) is 5.90. The first-order chi connectivity index (χ1) is 13.4. The summed E-state index contributed by atoms with van der Waals surface area (Å²) in [5.74, 6) is 0.435. The minimum absolute atomic E-state index is 0.0208. The summed E-state index contributed by atoms with van der Waals surface area (Å²) in [7, 11) is 0. The molecule has 0 spiro atoms. The van der Waals surface area contributed by atoms with Crippen molar-refractivity contribution in [1.29, 1.82) is 0 Å². The van der Waals surface area contributed by atoms with Gasteiger partial charge in [-0.2, -0.15) is 0 Å². The summed E-state index contributed by atoms with van der Waals surface area (Å²) < 4.78 is 18.1. The second kappa shape index (κ2) is 11.3. The lowest BCUT2D eigenvalue weighted by Gasteiger charge is -2.36. The van der Waals surface area contributed by atoms with E-state index in [4.69, 9.17) is 14.2 Å². The average Bonchev–Trinajstić information content (AvgIpc) is 2.95. The third kappa shape index (κ3) is 6.03. The van der Waals surface area contributed by atoms with Crippen LogP contribution < -0.4 is 0 Å². The van der Waals surface area contributed by atoms with Gasteiger partial charge in [-0.3, -0.25) is 0 Å². The molecule has 160 valence electrons. The summed E-state index contributed by atoms with van der Waals surface area (Å²) in [6.07, 6.45) is 9.18. The molecule has 0 aromatic carbocycles. The van der Waals surface area contributed by atoms with Gasteiger partial charge in [-0.05, 0) is 77.7 Å². The molecule has 0 amide bonds. The summed E-state index contributed by atoms with van der Waals surface area (Å²) in [5, 5.41) is 11.3. The van der Waals surface area contributed by atoms with Crippen molar-refractivity contribution in [3.63, 3.8) is 0 Å². The smallest absolute Gasteiger partial charge is 0.183 e. The van der Waals surface area contributed by atoms with E-state index < -0.39 is 6.10 Å². The molecule has 1 heterocycles. The van der Waals surface area contributed by atoms with E-state index in [0.717, 1.165) is 24.8 Å². The second-order valence-electron chi connectivity index (χ2n) is 8.45. The summed E-state index contributed by atoms with van der Waals surface area (Å²) in [4.78, 5) is 0. The van der Waals surface area contributed by atoms with Crippen LogP contribution in [0.2, 0.25) is 0 Å². The highest BCUT2D eigenvalue weighted by atomic mass is 16.8. The lowest BCUT2D eigenvalue weighted by molar-refractivity contribution is -0.212. The number of aliphatic hydroxyl groups excluding tert-OH is 1. The number of fused-ring (bicyclic) bond motifs is 1. The van der Waals surface area contributed by atoms with Crippen molar-refractivity contribution >= 4 is 0 Å². The summed E-state index contributed by atoms with van der Waals surface area (Å²) in [5.41, 5.74) is 3.73. The molecule has 1 saturated heterocycles. The standard InChI is InChI=1S/C24H40O4/c1-7-26-23-19-14-10-12-17(5)15-20(25)21(18(6)13-9-11-16(3)4)22(19)24(28-23)27-8-2/h11-12,14,18,20-25H,7-10,13,15H2,1-6H3/b17-12+,19-14+/t18-,20-,21-,22?,23+,24+/m1/s1. The van der Waals surface area contributed by atoms with Crippen LogP contribution in [0.5, 0.6) is 0 Å². The zero-order valence-electron chi connectivity index (χ0n) is 18.6. The van der Waals surface area contributed by atoms with Crippen LogP contribution in [0.1, 0.15) is 67.2 Å². The van der Waals surface area contributed by atoms with Gasteiger partial charge in [-0.1, -0.05) is 36.3 Å². The lowest BCUT2D eigenvalue weighted by atomic mass is 9.72. The van der Waals surface area contributed by atoms with Crippen molar-refractivity contribution in [3.8, 4) is 0 Å². The predicted molar refractivity (Wildman–Crippen MR) is 114 cm³/mol. The fourth-order valence-corrected chi connectivity index (χ4v) is 4.57. The maximum Gasteiger partial charge on any atom is 0.183 e. The molecular formula is C24H40O4. The molecule has 2 rings (SSSR count). The molecule has 0 aromatic rings. The topological polar surface area (TPSA) is 47.9 Å². The third-order valence-corrected chi connectivity index (χ3v) is 5.90. The SMILES string of the molecule is CCO[C@H]1O[C@H](OCC)C2/C1=C\C/C=C(\C)C[C@@H](O)[C@H]2[C@H](C)CCC=C(C)C. The van der Waals surface area contributed by atoms with Gasteiger partial charge in [0.05, 0.1) is 6.10 Å². The van der Waals surface area contributed by atoms with E-state index in [9.17, 15) is 5.11 Å². The van der Waals surface area contributed by atoms with E-state index in [1.165, 1.54) is 11.1 Å². The molecule has 4 heteroatoms. The van der Waals surface area contributed by atoms with Gasteiger partial charge in [0.1, 0.15) is 0 Å². The van der Waals surface area contributed by atoms with Crippen LogP contribution >= 0.6 is 0 Å². The fraction of sp³-hybridized carbons (Fsp3) is 0.750. The molecule has 0 aromatic heterocycles. The quantitative estimate of drug-likeness (QED) is 0.563. The highest BCUT2D eigenvalue weighted by Crippen LogP contribution is 2.45. The molecule has 0 radical (unpaired) electrons. The Morgan fingerprint density at radius 3 is 2.61 bits per heavy atom. The molecular weight excluding hydrogens is 352 g/mol. The van der Waals surface area contributed by atoms with Crippen LogP contribution in [-0.4, -0.2) is 37.0 Å². The zero-order valence-corrected chi connectivity index (χ0v) is 18.6. The van der Waals surface area contributed by atoms with Gasteiger partial charge in [-0.15, -0.1) is 0 Å². The van der Waals surface area contributed by atoms with Crippen molar-refractivity contribution in [1.82, 2.24) is 0 Å². The Morgan fingerprint density at radius 2 is 1.96 bits per heavy atom. The van der Waals surface area contributed by atoms with Gasteiger partial charge in [0.25, 0.3) is 0 Å². The van der Waals surface area contributed by atoms with Crippen molar-refractivity contribution in [2.24, 2.45) is 17.8 Å². The van der Waals surface area contributed by atoms with Crippen LogP contribution in [0.3, 0.4) is 0 Å². The van der Waals surface area contributed by atoms with Gasteiger partial charge in [0, 0.05) is 19.1 Å². The van der Waals surface area contributed by atoms with Crippen LogP contribution in [0.4, 0.5) is 0 Å². The van der Waals surface area contributed by atoms with Gasteiger partial charge in [-0.25, -0.2) is 0 Å². The van der Waals surface area contributed by atoms with Gasteiger partial charge >= 0.3 is 0 Å². The molecule has 1 aliphatic carbocycles. The predicted octanol–water partition coefficient (Wildman–Crippen LogP) is 5.38. The first kappa shape index (κ1) is 23.3. The van der Waals surface area contributed by atoms with E-state index in [-0.39, 0.29) is 24.4 Å². The molecule has 4 nitrogen and oxygen atoms in total. The number of rotatable bonds is 8. The van der Waals surface area contributed by atoms with Gasteiger partial charge in [0.15, 0.2) is 12.6 Å². The Balaban J connectivity index is 2.38. The molecule has 0 bridgehead atoms. The van der Waals surface area contributed by atoms with Crippen LogP contribution in [-0.2, 0) is 14.2 Å². The van der Waals surface area contributed by atoms with Crippen molar-refractivity contribution in [2.45, 2.75) is 85.9 Å². The number of aliphatic hydroxyl groups is 1. The van der Waals surface area contributed by atoms with E-state index in [2.05, 4.69) is 45.9 Å². The molecule has 0 saturated carbocycles. The van der Waals surface area contributed by atoms with Crippen molar-refractivity contribution < 1.29 is 19.3 Å². The number of ether oxygens (including phenoxy) is 3. The maximum atomic E-state index is 11.3. The first-order valence-electron chi connectivity index (χ1n) is 10.9. The Kier molecular flexibility index (Phi) is 9.42. The highest BCUT2D eigenvalue weighted by Gasteiger charge is 2.48. The largest absolute Gasteiger partial charge is 0.392 e. The number of hydrogen-bond acceptors (Lipinski definition) is 4. The maximum absolute atomic E-state index is 11.3. The summed E-state index contributed by atoms with van der Waals surface area (Å²) >= 11 is 0. The Labute approximate surface area is 171 Å². The number of hydrogen-bond donors (Lipinski definition) is 1. The Hall–Kier alpha value is -0.940. The summed E-state index contributed by atoms with van der Waals surface area (Å²) in [6, 6.07) is 0. The second-order valence-corrected chi connectivity index (χ2v) is 8.45. The molecule has 6 atom stereocenters. The Bertz CT molecular complexity index is 573. The van der Waals surface area contributed by atoms with Gasteiger partial charge in [0.2, 0.25) is 0 Å². The normalized spacial score (nSPS) is 35.5. The first-order valence-corrected chi connectivity index (χ1v) is 10.9. The zero-order chi connectivity index (χ0) is 20.7. The highest BCUT2D eigenvalue weighted by molar-refractivity contribution is 5.22. The Morgan fingerprint density at radius 1 is 1.25 bits per heavy atom. The molecule has 1 aliphatic heterocycles. The van der Waals surface area contributed by atoms with Crippen molar-refractivity contribution in [2.75, 3.05) is 13.2 Å². The van der Waals surface area contributed by atoms with Crippen LogP contribution in [0, 0.1) is 17.8 Å². The lowest BCUT2D eigenvalue weighted by Crippen LogP contribution is -2.39. The van der Waals surface area contributed by atoms with Gasteiger partial charge < -0.3 is 19.3 Å². The van der Waals surface area contributed by atoms with Crippen LogP contribution in [0.15, 0.2) is 34.9 Å². The minimum atomic E-state index is -0.420.